The van der Waals surface area contributed by atoms with Crippen LogP contribution in [0.1, 0.15) is 54.1 Å². The molecule has 0 heterocycles. The van der Waals surface area contributed by atoms with Crippen molar-refractivity contribution in [2.24, 2.45) is 5.92 Å². The molecular weight excluding hydrogens is 394 g/mol. The molecule has 0 aliphatic heterocycles. The van der Waals surface area contributed by atoms with Crippen molar-refractivity contribution in [2.75, 3.05) is 13.7 Å². The van der Waals surface area contributed by atoms with Crippen LogP contribution in [-0.2, 0) is 11.2 Å². The van der Waals surface area contributed by atoms with E-state index in [0.717, 1.165) is 19.3 Å². The van der Waals surface area contributed by atoms with E-state index in [-0.39, 0.29) is 0 Å². The SMILES string of the molecule is COc1ccc(C(=O)N[C@]2(C(=O)O)CC[C@H](C)CC2)cc1OCCc1cccc(C)c1. The third-order valence-electron chi connectivity index (χ3n) is 6.05. The molecule has 1 saturated carbocycles. The molecule has 1 aliphatic rings. The van der Waals surface area contributed by atoms with E-state index in [9.17, 15) is 14.7 Å². The Morgan fingerprint density at radius 2 is 1.87 bits per heavy atom. The van der Waals surface area contributed by atoms with Crippen molar-refractivity contribution in [3.63, 3.8) is 0 Å². The molecule has 0 aromatic heterocycles. The largest absolute Gasteiger partial charge is 0.493 e. The van der Waals surface area contributed by atoms with Gasteiger partial charge in [0.25, 0.3) is 5.91 Å². The molecule has 0 unspecified atom stereocenters. The topological polar surface area (TPSA) is 84.9 Å². The van der Waals surface area contributed by atoms with Crippen molar-refractivity contribution in [3.05, 3.63) is 59.2 Å². The zero-order valence-corrected chi connectivity index (χ0v) is 18.4. The van der Waals surface area contributed by atoms with Crippen molar-refractivity contribution < 1.29 is 24.2 Å². The number of hydrogen-bond donors (Lipinski definition) is 2. The summed E-state index contributed by atoms with van der Waals surface area (Å²) in [5.41, 5.74) is 1.50. The minimum absolute atomic E-state index is 0.352. The van der Waals surface area contributed by atoms with Crippen LogP contribution in [0.25, 0.3) is 0 Å². The molecule has 1 aliphatic carbocycles. The first-order valence-electron chi connectivity index (χ1n) is 10.8. The molecule has 31 heavy (non-hydrogen) atoms. The highest BCUT2D eigenvalue weighted by Crippen LogP contribution is 2.33. The van der Waals surface area contributed by atoms with Crippen molar-refractivity contribution in [1.82, 2.24) is 5.32 Å². The number of aliphatic carboxylic acids is 1. The van der Waals surface area contributed by atoms with Crippen LogP contribution in [0.4, 0.5) is 0 Å². The summed E-state index contributed by atoms with van der Waals surface area (Å²) >= 11 is 0. The van der Waals surface area contributed by atoms with Crippen molar-refractivity contribution >= 4 is 11.9 Å². The van der Waals surface area contributed by atoms with Crippen molar-refractivity contribution in [1.29, 1.82) is 0 Å². The Bertz CT molecular complexity index is 931. The molecule has 0 radical (unpaired) electrons. The summed E-state index contributed by atoms with van der Waals surface area (Å²) in [6.07, 6.45) is 3.16. The minimum atomic E-state index is -1.21. The molecule has 2 aromatic rings. The maximum Gasteiger partial charge on any atom is 0.329 e. The number of aryl methyl sites for hydroxylation is 1. The second-order valence-electron chi connectivity index (χ2n) is 8.48. The second kappa shape index (κ2) is 9.86. The van der Waals surface area contributed by atoms with Gasteiger partial charge in [-0.1, -0.05) is 36.8 Å². The highest BCUT2D eigenvalue weighted by molar-refractivity contribution is 5.98. The fourth-order valence-corrected chi connectivity index (χ4v) is 4.01. The molecule has 0 bridgehead atoms. The van der Waals surface area contributed by atoms with Gasteiger partial charge in [0.15, 0.2) is 11.5 Å². The lowest BCUT2D eigenvalue weighted by molar-refractivity contribution is -0.146. The minimum Gasteiger partial charge on any atom is -0.493 e. The van der Waals surface area contributed by atoms with E-state index in [0.29, 0.717) is 42.4 Å². The van der Waals surface area contributed by atoms with Crippen LogP contribution in [0.5, 0.6) is 11.5 Å². The van der Waals surface area contributed by atoms with E-state index in [2.05, 4.69) is 18.3 Å². The molecule has 1 amide bonds. The lowest BCUT2D eigenvalue weighted by Crippen LogP contribution is -2.56. The first-order valence-corrected chi connectivity index (χ1v) is 10.8. The van der Waals surface area contributed by atoms with E-state index >= 15 is 0 Å². The van der Waals surface area contributed by atoms with Gasteiger partial charge in [0.2, 0.25) is 0 Å². The van der Waals surface area contributed by atoms with Crippen LogP contribution in [0.3, 0.4) is 0 Å². The van der Waals surface area contributed by atoms with Crippen molar-refractivity contribution in [2.45, 2.75) is 51.5 Å². The number of carboxylic acids is 1. The third kappa shape index (κ3) is 5.57. The van der Waals surface area contributed by atoms with E-state index in [1.54, 1.807) is 25.3 Å². The van der Waals surface area contributed by atoms with Gasteiger partial charge < -0.3 is 19.9 Å². The number of amides is 1. The zero-order chi connectivity index (χ0) is 22.4. The summed E-state index contributed by atoms with van der Waals surface area (Å²) in [6.45, 7) is 4.59. The summed E-state index contributed by atoms with van der Waals surface area (Å²) in [4.78, 5) is 24.9. The number of hydrogen-bond acceptors (Lipinski definition) is 4. The van der Waals surface area contributed by atoms with Gasteiger partial charge in [0.1, 0.15) is 5.54 Å². The number of ether oxygens (including phenoxy) is 2. The average molecular weight is 426 g/mol. The fraction of sp³-hybridized carbons (Fsp3) is 0.440. The number of carbonyl (C=O) groups excluding carboxylic acids is 1. The lowest BCUT2D eigenvalue weighted by Gasteiger charge is -2.36. The summed E-state index contributed by atoms with van der Waals surface area (Å²) < 4.78 is 11.3. The van der Waals surface area contributed by atoms with Gasteiger partial charge in [0.05, 0.1) is 13.7 Å². The molecule has 1 fully saturated rings. The average Bonchev–Trinajstić information content (AvgIpc) is 2.75. The summed E-state index contributed by atoms with van der Waals surface area (Å²) in [6, 6.07) is 13.1. The maximum atomic E-state index is 12.9. The molecule has 6 nitrogen and oxygen atoms in total. The molecule has 0 atom stereocenters. The molecule has 2 aromatic carbocycles. The van der Waals surface area contributed by atoms with E-state index in [1.807, 2.05) is 25.1 Å². The van der Waals surface area contributed by atoms with Gasteiger partial charge in [-0.05, 0) is 62.3 Å². The Hall–Kier alpha value is -3.02. The van der Waals surface area contributed by atoms with Crippen LogP contribution >= 0.6 is 0 Å². The first kappa shape index (κ1) is 22.7. The molecule has 166 valence electrons. The van der Waals surface area contributed by atoms with Crippen LogP contribution < -0.4 is 14.8 Å². The Balaban J connectivity index is 1.71. The predicted molar refractivity (Wildman–Crippen MR) is 119 cm³/mol. The number of carboxylic acid groups (broad SMARTS) is 1. The Morgan fingerprint density at radius 3 is 2.52 bits per heavy atom. The molecule has 3 rings (SSSR count). The van der Waals surface area contributed by atoms with Gasteiger partial charge in [-0.3, -0.25) is 4.79 Å². The molecule has 2 N–H and O–H groups in total. The number of benzene rings is 2. The van der Waals surface area contributed by atoms with Crippen molar-refractivity contribution in [3.8, 4) is 11.5 Å². The number of carbonyl (C=O) groups is 2. The van der Waals surface area contributed by atoms with E-state index in [4.69, 9.17) is 9.47 Å². The smallest absolute Gasteiger partial charge is 0.329 e. The standard InChI is InChI=1S/C25H31NO5/c1-17-9-12-25(13-10-17,24(28)29)26-23(27)20-7-8-21(30-3)22(16-20)31-14-11-19-6-4-5-18(2)15-19/h4-8,15-17H,9-14H2,1-3H3,(H,26,27)(H,28,29)/t17-,25+. The van der Waals surface area contributed by atoms with Gasteiger partial charge in [-0.15, -0.1) is 0 Å². The number of methoxy groups -OCH3 is 1. The fourth-order valence-electron chi connectivity index (χ4n) is 4.01. The number of rotatable bonds is 8. The Morgan fingerprint density at radius 1 is 1.13 bits per heavy atom. The molecule has 0 spiro atoms. The van der Waals surface area contributed by atoms with Crippen LogP contribution in [0.15, 0.2) is 42.5 Å². The second-order valence-corrected chi connectivity index (χ2v) is 8.48. The monoisotopic (exact) mass is 425 g/mol. The molecular formula is C25H31NO5. The maximum absolute atomic E-state index is 12.9. The summed E-state index contributed by atoms with van der Waals surface area (Å²) in [5, 5.41) is 12.6. The summed E-state index contributed by atoms with van der Waals surface area (Å²) in [5.74, 6) is 0.0717. The van der Waals surface area contributed by atoms with Crippen LogP contribution in [0.2, 0.25) is 0 Å². The van der Waals surface area contributed by atoms with Crippen LogP contribution in [-0.4, -0.2) is 36.2 Å². The third-order valence-corrected chi connectivity index (χ3v) is 6.05. The first-order chi connectivity index (χ1) is 14.8. The Kier molecular flexibility index (Phi) is 7.21. The normalized spacial score (nSPS) is 20.7. The molecule has 6 heteroatoms. The van der Waals surface area contributed by atoms with Crippen LogP contribution in [0, 0.1) is 12.8 Å². The van der Waals surface area contributed by atoms with Gasteiger partial charge >= 0.3 is 5.97 Å². The molecule has 0 saturated heterocycles. The highest BCUT2D eigenvalue weighted by Gasteiger charge is 2.42. The summed E-state index contributed by atoms with van der Waals surface area (Å²) in [7, 11) is 1.55. The quantitative estimate of drug-likeness (QED) is 0.655. The van der Waals surface area contributed by atoms with Gasteiger partial charge in [-0.2, -0.15) is 0 Å². The van der Waals surface area contributed by atoms with Gasteiger partial charge in [0, 0.05) is 12.0 Å². The predicted octanol–water partition coefficient (Wildman–Crippen LogP) is 4.39. The zero-order valence-electron chi connectivity index (χ0n) is 18.4. The van der Waals surface area contributed by atoms with E-state index in [1.165, 1.54) is 11.1 Å². The lowest BCUT2D eigenvalue weighted by atomic mass is 9.77. The Labute approximate surface area is 183 Å². The van der Waals surface area contributed by atoms with E-state index < -0.39 is 17.4 Å². The number of nitrogens with one attached hydrogen (secondary N) is 1. The van der Waals surface area contributed by atoms with Gasteiger partial charge in [-0.25, -0.2) is 4.79 Å². The highest BCUT2D eigenvalue weighted by atomic mass is 16.5.